The van der Waals surface area contributed by atoms with Gasteiger partial charge in [0.05, 0.1) is 21.5 Å². The summed E-state index contributed by atoms with van der Waals surface area (Å²) in [4.78, 5) is 14.7. The van der Waals surface area contributed by atoms with Gasteiger partial charge in [-0.2, -0.15) is 0 Å². The van der Waals surface area contributed by atoms with Crippen LogP contribution in [0, 0.1) is 5.82 Å². The van der Waals surface area contributed by atoms with Crippen LogP contribution < -0.4 is 10.3 Å². The van der Waals surface area contributed by atoms with Crippen LogP contribution in [0.25, 0.3) is 10.9 Å². The second-order valence-corrected chi connectivity index (χ2v) is 10.2. The maximum atomic E-state index is 15.1. The molecule has 0 bridgehead atoms. The van der Waals surface area contributed by atoms with Crippen molar-refractivity contribution < 1.29 is 12.8 Å². The van der Waals surface area contributed by atoms with Crippen LogP contribution in [0.3, 0.4) is 0 Å². The summed E-state index contributed by atoms with van der Waals surface area (Å²) in [7, 11) is -4.20. The molecule has 8 heteroatoms. The van der Waals surface area contributed by atoms with Crippen molar-refractivity contribution in [1.82, 2.24) is 4.57 Å². The zero-order valence-corrected chi connectivity index (χ0v) is 20.4. The minimum absolute atomic E-state index is 0.00689. The van der Waals surface area contributed by atoms with Gasteiger partial charge in [0.15, 0.2) is 0 Å². The summed E-state index contributed by atoms with van der Waals surface area (Å²) in [6.45, 7) is 5.32. The van der Waals surface area contributed by atoms with Gasteiger partial charge in [-0.1, -0.05) is 48.0 Å². The first kappa shape index (κ1) is 24.0. The number of pyridine rings is 1. The van der Waals surface area contributed by atoms with Gasteiger partial charge in [0.2, 0.25) is 15.3 Å². The molecule has 1 aromatic heterocycles. The predicted octanol–water partition coefficient (Wildman–Crippen LogP) is 5.52. The van der Waals surface area contributed by atoms with Gasteiger partial charge in [-0.3, -0.25) is 4.79 Å². The summed E-state index contributed by atoms with van der Waals surface area (Å²) in [5.41, 5.74) is 0.989. The highest BCUT2D eigenvalue weighted by Crippen LogP contribution is 2.28. The van der Waals surface area contributed by atoms with E-state index in [9.17, 15) is 13.2 Å². The molecule has 0 saturated heterocycles. The highest BCUT2D eigenvalue weighted by atomic mass is 35.5. The molecule has 0 aliphatic heterocycles. The lowest BCUT2D eigenvalue weighted by Gasteiger charge is -2.23. The molecule has 3 aromatic carbocycles. The Morgan fingerprint density at radius 1 is 0.971 bits per heavy atom. The summed E-state index contributed by atoms with van der Waals surface area (Å²) >= 11 is 6.01. The molecule has 0 radical (unpaired) electrons. The topological polar surface area (TPSA) is 59.4 Å². The average molecular weight is 499 g/mol. The van der Waals surface area contributed by atoms with Crippen molar-refractivity contribution in [3.05, 3.63) is 99.6 Å². The van der Waals surface area contributed by atoms with Crippen LogP contribution in [-0.4, -0.2) is 26.1 Å². The molecule has 176 valence electrons. The number of rotatable bonds is 7. The van der Waals surface area contributed by atoms with E-state index in [2.05, 4.69) is 0 Å². The summed E-state index contributed by atoms with van der Waals surface area (Å²) < 4.78 is 43.7. The van der Waals surface area contributed by atoms with Gasteiger partial charge < -0.3 is 9.47 Å². The molecule has 4 aromatic rings. The molecule has 4 rings (SSSR count). The second kappa shape index (κ2) is 9.60. The first-order chi connectivity index (χ1) is 16.3. The van der Waals surface area contributed by atoms with E-state index in [0.29, 0.717) is 30.8 Å². The zero-order chi connectivity index (χ0) is 24.5. The molecular weight excluding hydrogens is 475 g/mol. The number of fused-ring (bicyclic) bond motifs is 1. The molecule has 34 heavy (non-hydrogen) atoms. The second-order valence-electron chi connectivity index (χ2n) is 7.89. The highest BCUT2D eigenvalue weighted by Gasteiger charge is 2.25. The fraction of sp³-hybridized carbons (Fsp3) is 0.192. The largest absolute Gasteiger partial charge is 0.370 e. The van der Waals surface area contributed by atoms with E-state index in [1.165, 1.54) is 24.4 Å². The molecule has 0 atom stereocenters. The van der Waals surface area contributed by atoms with Gasteiger partial charge in [-0.25, -0.2) is 12.8 Å². The van der Waals surface area contributed by atoms with E-state index < -0.39 is 26.0 Å². The molecule has 0 spiro atoms. The lowest BCUT2D eigenvalue weighted by molar-refractivity contribution is 0.593. The van der Waals surface area contributed by atoms with E-state index >= 15 is 4.39 Å². The standard InChI is InChI=1S/C26H24ClFN2O3S/c1-3-29(4-2)24-15-23-21(14-22(24)28)26(31)25(17-30(23)16-18-9-6-5-7-10-18)34(32,33)20-12-8-11-19(27)13-20/h5-15,17H,3-4,16H2,1-2H3. The van der Waals surface area contributed by atoms with E-state index in [-0.39, 0.29) is 15.3 Å². The van der Waals surface area contributed by atoms with Crippen molar-refractivity contribution in [3.63, 3.8) is 0 Å². The number of benzene rings is 3. The first-order valence-corrected chi connectivity index (χ1v) is 12.8. The van der Waals surface area contributed by atoms with Crippen LogP contribution in [0.1, 0.15) is 19.4 Å². The minimum atomic E-state index is -4.20. The number of aromatic nitrogens is 1. The number of hydrogen-bond donors (Lipinski definition) is 0. The van der Waals surface area contributed by atoms with Gasteiger partial charge in [-0.05, 0) is 49.7 Å². The Balaban J connectivity index is 2.03. The smallest absolute Gasteiger partial charge is 0.211 e. The van der Waals surface area contributed by atoms with Crippen LogP contribution in [0.5, 0.6) is 0 Å². The molecule has 0 amide bonds. The van der Waals surface area contributed by atoms with Gasteiger partial charge >= 0.3 is 0 Å². The number of halogens is 2. The Hall–Kier alpha value is -3.16. The molecule has 0 N–H and O–H groups in total. The molecule has 0 aliphatic rings. The monoisotopic (exact) mass is 498 g/mol. The van der Waals surface area contributed by atoms with Crippen molar-refractivity contribution >= 4 is 38.0 Å². The number of sulfone groups is 1. The van der Waals surface area contributed by atoms with Crippen molar-refractivity contribution in [3.8, 4) is 0 Å². The van der Waals surface area contributed by atoms with Crippen LogP contribution >= 0.6 is 11.6 Å². The van der Waals surface area contributed by atoms with Gasteiger partial charge in [-0.15, -0.1) is 0 Å². The Morgan fingerprint density at radius 2 is 1.68 bits per heavy atom. The number of hydrogen-bond acceptors (Lipinski definition) is 4. The van der Waals surface area contributed by atoms with Crippen LogP contribution in [0.4, 0.5) is 10.1 Å². The molecule has 0 fully saturated rings. The third kappa shape index (κ3) is 4.45. The molecule has 1 heterocycles. The quantitative estimate of drug-likeness (QED) is 0.336. The van der Waals surface area contributed by atoms with Crippen LogP contribution in [0.15, 0.2) is 87.5 Å². The maximum Gasteiger partial charge on any atom is 0.211 e. The summed E-state index contributed by atoms with van der Waals surface area (Å²) in [5.74, 6) is -0.572. The predicted molar refractivity (Wildman–Crippen MR) is 134 cm³/mol. The van der Waals surface area contributed by atoms with E-state index in [1.807, 2.05) is 49.1 Å². The third-order valence-corrected chi connectivity index (χ3v) is 7.79. The third-order valence-electron chi connectivity index (χ3n) is 5.81. The Kier molecular flexibility index (Phi) is 6.77. The normalized spacial score (nSPS) is 11.6. The van der Waals surface area contributed by atoms with Crippen molar-refractivity contribution in [1.29, 1.82) is 0 Å². The van der Waals surface area contributed by atoms with Gasteiger partial charge in [0.25, 0.3) is 0 Å². The lowest BCUT2D eigenvalue weighted by Crippen LogP contribution is -2.24. The summed E-state index contributed by atoms with van der Waals surface area (Å²) in [5, 5.41) is 0.244. The molecule has 0 unspecified atom stereocenters. The average Bonchev–Trinajstić information content (AvgIpc) is 2.83. The Bertz CT molecular complexity index is 1510. The first-order valence-electron chi connectivity index (χ1n) is 10.9. The van der Waals surface area contributed by atoms with E-state index in [0.717, 1.165) is 11.6 Å². The summed E-state index contributed by atoms with van der Waals surface area (Å²) in [6, 6.07) is 18.0. The molecule has 5 nitrogen and oxygen atoms in total. The zero-order valence-electron chi connectivity index (χ0n) is 18.8. The van der Waals surface area contributed by atoms with Crippen molar-refractivity contribution in [2.45, 2.75) is 30.2 Å². The summed E-state index contributed by atoms with van der Waals surface area (Å²) in [6.07, 6.45) is 1.35. The van der Waals surface area contributed by atoms with E-state index in [4.69, 9.17) is 11.6 Å². The molecular formula is C26H24ClFN2O3S. The number of nitrogens with zero attached hydrogens (tertiary/aromatic N) is 2. The number of anilines is 1. The maximum absolute atomic E-state index is 15.1. The fourth-order valence-corrected chi connectivity index (χ4v) is 5.71. The SMILES string of the molecule is CCN(CC)c1cc2c(cc1F)c(=O)c(S(=O)(=O)c1cccc(Cl)c1)cn2Cc1ccccc1. The van der Waals surface area contributed by atoms with Crippen molar-refractivity contribution in [2.75, 3.05) is 18.0 Å². The van der Waals surface area contributed by atoms with E-state index in [1.54, 1.807) is 16.7 Å². The highest BCUT2D eigenvalue weighted by molar-refractivity contribution is 7.91. The van der Waals surface area contributed by atoms with Crippen LogP contribution in [0.2, 0.25) is 5.02 Å². The van der Waals surface area contributed by atoms with Gasteiger partial charge in [0.1, 0.15) is 10.7 Å². The Labute approximate surface area is 202 Å². The fourth-order valence-electron chi connectivity index (χ4n) is 4.04. The van der Waals surface area contributed by atoms with Gasteiger partial charge in [0, 0.05) is 30.9 Å². The Morgan fingerprint density at radius 3 is 2.32 bits per heavy atom. The molecule has 0 saturated carbocycles. The van der Waals surface area contributed by atoms with Crippen LogP contribution in [-0.2, 0) is 16.4 Å². The minimum Gasteiger partial charge on any atom is -0.370 e. The molecule has 0 aliphatic carbocycles. The van der Waals surface area contributed by atoms with Crippen molar-refractivity contribution in [2.24, 2.45) is 0 Å². The lowest BCUT2D eigenvalue weighted by atomic mass is 10.1.